The number of halogens is 5. The second-order valence-corrected chi connectivity index (χ2v) is 13.6. The molecule has 0 radical (unpaired) electrons. The van der Waals surface area contributed by atoms with Gasteiger partial charge in [-0.3, -0.25) is 33.7 Å². The lowest BCUT2D eigenvalue weighted by atomic mass is 10.0. The van der Waals surface area contributed by atoms with Crippen molar-refractivity contribution in [3.63, 3.8) is 0 Å². The lowest BCUT2D eigenvalue weighted by Gasteiger charge is -2.26. The van der Waals surface area contributed by atoms with Crippen molar-refractivity contribution < 1.29 is 56.5 Å². The van der Waals surface area contributed by atoms with E-state index in [0.29, 0.717) is 15.2 Å². The van der Waals surface area contributed by atoms with Crippen molar-refractivity contribution in [3.05, 3.63) is 90.7 Å². The van der Waals surface area contributed by atoms with Crippen LogP contribution in [0.5, 0.6) is 0 Å². The number of alkyl halides is 4. The van der Waals surface area contributed by atoms with Crippen LogP contribution in [-0.2, 0) is 49.7 Å². The van der Waals surface area contributed by atoms with Gasteiger partial charge in [0.25, 0.3) is 5.56 Å². The highest BCUT2D eigenvalue weighted by Gasteiger charge is 2.35. The zero-order valence-corrected chi connectivity index (χ0v) is 32.6. The van der Waals surface area contributed by atoms with Crippen molar-refractivity contribution in [2.75, 3.05) is 37.5 Å². The van der Waals surface area contributed by atoms with Crippen LogP contribution in [0.25, 0.3) is 5.69 Å². The molecule has 300 valence electrons. The number of carboxylic acids is 1. The van der Waals surface area contributed by atoms with Gasteiger partial charge >= 0.3 is 31.4 Å². The summed E-state index contributed by atoms with van der Waals surface area (Å²) in [4.78, 5) is 76.2. The molecule has 3 aromatic rings. The lowest BCUT2D eigenvalue weighted by molar-refractivity contribution is -0.144. The second-order valence-electron chi connectivity index (χ2n) is 11.3. The summed E-state index contributed by atoms with van der Waals surface area (Å²) in [5, 5.41) is 10.1. The van der Waals surface area contributed by atoms with Gasteiger partial charge in [0.15, 0.2) is 0 Å². The number of aromatic nitrogens is 2. The van der Waals surface area contributed by atoms with E-state index in [2.05, 4.69) is 19.2 Å². The minimum atomic E-state index is -4.86. The predicted molar refractivity (Wildman–Crippen MR) is 196 cm³/mol. The maximum Gasteiger partial charge on any atom is 0.431 e. The molecule has 4 N–H and O–H groups in total. The molecule has 1 aromatic heterocycles. The summed E-state index contributed by atoms with van der Waals surface area (Å²) >= 11 is 11.6. The molecule has 0 saturated carbocycles. The molecule has 0 saturated heterocycles. The molecule has 0 fully saturated rings. The molecule has 0 spiro atoms. The van der Waals surface area contributed by atoms with Crippen LogP contribution in [0.3, 0.4) is 0 Å². The SMILES string of the molecule is CC(C)OC(=O)c1cc(-n2c(=O)cc(C(F)(F)F)n(C)c2=O)ccc1Cl.CCc1cccc(CC)c1N(COC)C(=O)CCl.O=C(O)CNCP(=O)(O)O. The van der Waals surface area contributed by atoms with Crippen LogP contribution in [0.1, 0.15) is 54.9 Å². The zero-order valence-electron chi connectivity index (χ0n) is 30.1. The smallest absolute Gasteiger partial charge is 0.431 e. The first-order valence-corrected chi connectivity index (χ1v) is 18.6. The molecule has 2 aromatic carbocycles. The van der Waals surface area contributed by atoms with Crippen molar-refractivity contribution in [1.82, 2.24) is 14.5 Å². The lowest BCUT2D eigenvalue weighted by Crippen LogP contribution is -2.40. The van der Waals surface area contributed by atoms with Crippen LogP contribution in [0.2, 0.25) is 5.02 Å². The Balaban J connectivity index is 0.000000451. The number of para-hydroxylation sites is 1. The first kappa shape index (κ1) is 48.0. The number of hydrogen-bond acceptors (Lipinski definition) is 9. The number of esters is 1. The molecule has 0 bridgehead atoms. The molecule has 0 aliphatic heterocycles. The fraction of sp³-hybridized carbons (Fsp3) is 0.424. The molecular weight excluding hydrogens is 787 g/mol. The number of ether oxygens (including phenoxy) is 2. The van der Waals surface area contributed by atoms with E-state index in [-0.39, 0.29) is 34.8 Å². The Morgan fingerprint density at radius 3 is 2.06 bits per heavy atom. The Hall–Kier alpha value is -4.03. The summed E-state index contributed by atoms with van der Waals surface area (Å²) in [7, 11) is -1.62. The van der Waals surface area contributed by atoms with Crippen molar-refractivity contribution in [2.45, 2.75) is 52.8 Å². The van der Waals surface area contributed by atoms with Crippen LogP contribution >= 0.6 is 30.8 Å². The molecule has 54 heavy (non-hydrogen) atoms. The largest absolute Gasteiger partial charge is 0.480 e. The van der Waals surface area contributed by atoms with E-state index in [0.717, 1.165) is 42.8 Å². The number of carbonyl (C=O) groups is 3. The topological polar surface area (TPSA) is 207 Å². The molecule has 21 heteroatoms. The molecular formula is C33H42Cl2F3N4O11P. The summed E-state index contributed by atoms with van der Waals surface area (Å²) in [5.74, 6) is -2.10. The van der Waals surface area contributed by atoms with Crippen LogP contribution in [0.4, 0.5) is 18.9 Å². The number of aliphatic carboxylic acids is 1. The van der Waals surface area contributed by atoms with Gasteiger partial charge in [0.1, 0.15) is 18.3 Å². The van der Waals surface area contributed by atoms with Gasteiger partial charge < -0.3 is 24.4 Å². The van der Waals surface area contributed by atoms with Crippen LogP contribution in [0, 0.1) is 0 Å². The van der Waals surface area contributed by atoms with Crippen LogP contribution in [0.15, 0.2) is 52.1 Å². The van der Waals surface area contributed by atoms with Crippen molar-refractivity contribution in [2.24, 2.45) is 7.05 Å². The van der Waals surface area contributed by atoms with E-state index in [1.807, 2.05) is 18.2 Å². The average Bonchev–Trinajstić information content (AvgIpc) is 3.07. The Bertz CT molecular complexity index is 1910. The van der Waals surface area contributed by atoms with Gasteiger partial charge in [-0.1, -0.05) is 43.6 Å². The molecule has 0 unspecified atom stereocenters. The molecule has 3 rings (SSSR count). The first-order valence-electron chi connectivity index (χ1n) is 15.9. The predicted octanol–water partition coefficient (Wildman–Crippen LogP) is 4.56. The van der Waals surface area contributed by atoms with Gasteiger partial charge in [-0.25, -0.2) is 14.2 Å². The van der Waals surface area contributed by atoms with Gasteiger partial charge in [-0.05, 0) is 56.0 Å². The van der Waals surface area contributed by atoms with E-state index in [1.165, 1.54) is 12.1 Å². The summed E-state index contributed by atoms with van der Waals surface area (Å²) in [6.45, 7) is 7.18. The molecule has 15 nitrogen and oxygen atoms in total. The number of anilines is 1. The Kier molecular flexibility index (Phi) is 19.3. The number of methoxy groups -OCH3 is 1. The van der Waals surface area contributed by atoms with Gasteiger partial charge in [0.05, 0.1) is 40.9 Å². The summed E-state index contributed by atoms with van der Waals surface area (Å²) < 4.78 is 59.7. The van der Waals surface area contributed by atoms with Crippen LogP contribution < -0.4 is 21.5 Å². The van der Waals surface area contributed by atoms with Gasteiger partial charge in [0, 0.05) is 20.2 Å². The number of carbonyl (C=O) groups excluding carboxylic acids is 2. The maximum atomic E-state index is 12.9. The highest BCUT2D eigenvalue weighted by molar-refractivity contribution is 7.51. The summed E-state index contributed by atoms with van der Waals surface area (Å²) in [6.07, 6.45) is -4.15. The molecule has 0 aliphatic rings. The maximum absolute atomic E-state index is 12.9. The second kappa shape index (κ2) is 21.8. The average molecular weight is 830 g/mol. The number of rotatable bonds is 13. The number of carboxylic acid groups (broad SMARTS) is 1. The van der Waals surface area contributed by atoms with Crippen molar-refractivity contribution >= 4 is 54.3 Å². The van der Waals surface area contributed by atoms with Gasteiger partial charge in [-0.15, -0.1) is 11.6 Å². The van der Waals surface area contributed by atoms with Crippen molar-refractivity contribution in [1.29, 1.82) is 0 Å². The summed E-state index contributed by atoms with van der Waals surface area (Å²) in [5.41, 5.74) is -0.765. The van der Waals surface area contributed by atoms with E-state index in [4.69, 9.17) is 47.6 Å². The monoisotopic (exact) mass is 828 g/mol. The number of aryl methyl sites for hydroxylation is 2. The zero-order chi connectivity index (χ0) is 41.6. The number of amides is 1. The third-order valence-corrected chi connectivity index (χ3v) is 8.08. The normalized spacial score (nSPS) is 11.2. The third kappa shape index (κ3) is 14.7. The minimum absolute atomic E-state index is 0.0104. The molecule has 0 atom stereocenters. The highest BCUT2D eigenvalue weighted by Crippen LogP contribution is 2.32. The molecule has 1 amide bonds. The van der Waals surface area contributed by atoms with Crippen molar-refractivity contribution in [3.8, 4) is 5.69 Å². The standard InChI is InChI=1S/C16H14ClF3N2O4.C14H20ClNO2.C3H8NO5P/c1-8(2)26-14(24)10-6-9(4-5-11(10)17)22-13(23)7-12(16(18,19)20)21(3)15(22)25;1-4-11-7-6-8-12(5-2)14(11)16(10-18-3)13(17)9-15;5-3(6)1-4-2-10(7,8)9/h4-8H,1-3H3;6-8H,4-5,9-10H2,1-3H3;4H,1-2H2,(H,5,6)(H2,7,8,9). The Labute approximate surface area is 318 Å². The Morgan fingerprint density at radius 2 is 1.61 bits per heavy atom. The summed E-state index contributed by atoms with van der Waals surface area (Å²) in [6, 6.07) is 10.0. The van der Waals surface area contributed by atoms with E-state index >= 15 is 0 Å². The highest BCUT2D eigenvalue weighted by atomic mass is 35.5. The van der Waals surface area contributed by atoms with Gasteiger partial charge in [-0.2, -0.15) is 13.2 Å². The molecule has 0 aliphatic carbocycles. The fourth-order valence-corrected chi connectivity index (χ4v) is 5.30. The third-order valence-electron chi connectivity index (χ3n) is 6.88. The fourth-order valence-electron chi connectivity index (χ4n) is 4.55. The van der Waals surface area contributed by atoms with Gasteiger partial charge in [0.2, 0.25) is 5.91 Å². The van der Waals surface area contributed by atoms with Crippen LogP contribution in [-0.4, -0.2) is 80.5 Å². The number of benzene rings is 2. The van der Waals surface area contributed by atoms with E-state index < -0.39 is 61.6 Å². The number of nitrogens with one attached hydrogen (secondary N) is 1. The van der Waals surface area contributed by atoms with E-state index in [1.54, 1.807) is 25.9 Å². The quantitative estimate of drug-likeness (QED) is 0.0810. The van der Waals surface area contributed by atoms with E-state index in [9.17, 15) is 41.7 Å². The minimum Gasteiger partial charge on any atom is -0.480 e. The Morgan fingerprint density at radius 1 is 1.04 bits per heavy atom. The number of nitrogens with zero attached hydrogens (tertiary/aromatic N) is 3. The number of hydrogen-bond donors (Lipinski definition) is 4. The molecule has 1 heterocycles. The first-order chi connectivity index (χ1) is 25.0.